The Morgan fingerprint density at radius 2 is 1.50 bits per heavy atom. The molecule has 0 saturated heterocycles. The maximum absolute atomic E-state index is 14.1. The third kappa shape index (κ3) is 10.9. The number of ether oxygens (including phenoxy) is 2. The number of hydrogen-bond donors (Lipinski definition) is 2. The molecule has 0 aliphatic rings. The fourth-order valence-corrected chi connectivity index (χ4v) is 4.19. The van der Waals surface area contributed by atoms with Crippen molar-refractivity contribution in [1.29, 1.82) is 0 Å². The van der Waals surface area contributed by atoms with E-state index in [9.17, 15) is 19.2 Å². The number of carbonyl (C=O) groups excluding carboxylic acids is 4. The number of carbonyl (C=O) groups is 4. The Balaban J connectivity index is 2.48. The van der Waals surface area contributed by atoms with Crippen molar-refractivity contribution in [3.63, 3.8) is 0 Å². The fraction of sp³-hybridized carbons (Fsp3) is 0.455. The molecule has 3 amide bonds. The molecule has 0 fully saturated rings. The Kier molecular flexibility index (Phi) is 12.2. The highest BCUT2D eigenvalue weighted by molar-refractivity contribution is 5.93. The van der Waals surface area contributed by atoms with Crippen LogP contribution in [-0.2, 0) is 30.3 Å². The van der Waals surface area contributed by atoms with Crippen LogP contribution in [0.4, 0.5) is 4.79 Å². The van der Waals surface area contributed by atoms with E-state index in [1.807, 2.05) is 37.3 Å². The fourth-order valence-electron chi connectivity index (χ4n) is 4.19. The molecule has 0 spiro atoms. The second-order valence-corrected chi connectivity index (χ2v) is 11.9. The van der Waals surface area contributed by atoms with Gasteiger partial charge < -0.3 is 25.0 Å². The third-order valence-corrected chi connectivity index (χ3v) is 5.83. The lowest BCUT2D eigenvalue weighted by Gasteiger charge is -2.33. The summed E-state index contributed by atoms with van der Waals surface area (Å²) in [4.78, 5) is 54.6. The largest absolute Gasteiger partial charge is 0.458 e. The van der Waals surface area contributed by atoms with Crippen molar-refractivity contribution in [2.45, 2.75) is 84.6 Å². The first-order valence-electron chi connectivity index (χ1n) is 14.0. The molecule has 42 heavy (non-hydrogen) atoms. The molecule has 9 nitrogen and oxygen atoms in total. The molecule has 0 heterocycles. The van der Waals surface area contributed by atoms with E-state index >= 15 is 0 Å². The number of amides is 3. The first-order chi connectivity index (χ1) is 19.6. The van der Waals surface area contributed by atoms with Crippen LogP contribution in [0.2, 0.25) is 0 Å². The van der Waals surface area contributed by atoms with Gasteiger partial charge in [-0.15, -0.1) is 6.42 Å². The van der Waals surface area contributed by atoms with Gasteiger partial charge in [-0.05, 0) is 65.2 Å². The molecule has 0 aliphatic heterocycles. The molecule has 2 aromatic rings. The summed E-state index contributed by atoms with van der Waals surface area (Å²) in [7, 11) is 0. The van der Waals surface area contributed by atoms with Crippen LogP contribution in [0, 0.1) is 12.3 Å². The second kappa shape index (κ2) is 15.1. The second-order valence-electron chi connectivity index (χ2n) is 11.9. The average Bonchev–Trinajstić information content (AvgIpc) is 2.90. The quantitative estimate of drug-likeness (QED) is 0.299. The van der Waals surface area contributed by atoms with Gasteiger partial charge >= 0.3 is 12.1 Å². The Morgan fingerprint density at radius 3 is 2.07 bits per heavy atom. The van der Waals surface area contributed by atoms with Crippen LogP contribution in [0.15, 0.2) is 54.6 Å². The number of nitrogens with zero attached hydrogens (tertiary/aromatic N) is 1. The Morgan fingerprint density at radius 1 is 0.905 bits per heavy atom. The number of nitrogens with one attached hydrogen (secondary N) is 2. The molecule has 9 heteroatoms. The van der Waals surface area contributed by atoms with Crippen molar-refractivity contribution in [3.8, 4) is 12.3 Å². The van der Waals surface area contributed by atoms with Crippen LogP contribution in [0.3, 0.4) is 0 Å². The minimum absolute atomic E-state index is 0.174. The highest BCUT2D eigenvalue weighted by Gasteiger charge is 2.36. The van der Waals surface area contributed by atoms with Crippen LogP contribution in [-0.4, -0.2) is 59.1 Å². The number of benzene rings is 2. The third-order valence-electron chi connectivity index (χ3n) is 5.83. The highest BCUT2D eigenvalue weighted by Crippen LogP contribution is 2.26. The summed E-state index contributed by atoms with van der Waals surface area (Å²) < 4.78 is 10.9. The van der Waals surface area contributed by atoms with Crippen LogP contribution in [0.5, 0.6) is 0 Å². The van der Waals surface area contributed by atoms with Gasteiger partial charge in [0.25, 0.3) is 0 Å². The summed E-state index contributed by atoms with van der Waals surface area (Å²) in [5.74, 6) is 0.853. The lowest BCUT2D eigenvalue weighted by Crippen LogP contribution is -2.52. The molecule has 0 aromatic heterocycles. The van der Waals surface area contributed by atoms with E-state index in [4.69, 9.17) is 15.9 Å². The molecule has 2 unspecified atom stereocenters. The highest BCUT2D eigenvalue weighted by atomic mass is 16.6. The van der Waals surface area contributed by atoms with E-state index < -0.39 is 53.7 Å². The topological polar surface area (TPSA) is 114 Å². The molecule has 2 atom stereocenters. The lowest BCUT2D eigenvalue weighted by atomic mass is 9.97. The van der Waals surface area contributed by atoms with E-state index in [0.29, 0.717) is 17.5 Å². The van der Waals surface area contributed by atoms with Crippen LogP contribution < -0.4 is 10.6 Å². The Bertz CT molecular complexity index is 1270. The summed E-state index contributed by atoms with van der Waals surface area (Å²) in [6.45, 7) is 12.0. The predicted molar refractivity (Wildman–Crippen MR) is 161 cm³/mol. The van der Waals surface area contributed by atoms with Crippen molar-refractivity contribution >= 4 is 23.9 Å². The van der Waals surface area contributed by atoms with E-state index in [0.717, 1.165) is 5.56 Å². The normalized spacial score (nSPS) is 12.7. The van der Waals surface area contributed by atoms with Gasteiger partial charge in [0.1, 0.15) is 29.8 Å². The first kappa shape index (κ1) is 33.9. The van der Waals surface area contributed by atoms with Gasteiger partial charge in [0.2, 0.25) is 11.8 Å². The molecular weight excluding hydrogens is 534 g/mol. The maximum Gasteiger partial charge on any atom is 0.408 e. The minimum Gasteiger partial charge on any atom is -0.458 e. The predicted octanol–water partition coefficient (Wildman–Crippen LogP) is 4.54. The number of terminal acetylenes is 1. The van der Waals surface area contributed by atoms with E-state index in [1.54, 1.807) is 65.8 Å². The molecular formula is C33H43N3O6. The molecule has 0 aliphatic carbocycles. The van der Waals surface area contributed by atoms with Gasteiger partial charge in [-0.25, -0.2) is 9.59 Å². The van der Waals surface area contributed by atoms with Gasteiger partial charge in [0.15, 0.2) is 0 Å². The van der Waals surface area contributed by atoms with E-state index in [-0.39, 0.29) is 13.0 Å². The van der Waals surface area contributed by atoms with Crippen LogP contribution in [0.25, 0.3) is 0 Å². The number of rotatable bonds is 11. The summed E-state index contributed by atoms with van der Waals surface area (Å²) >= 11 is 0. The Hall–Kier alpha value is -4.32. The van der Waals surface area contributed by atoms with E-state index in [1.165, 1.54) is 4.90 Å². The zero-order valence-corrected chi connectivity index (χ0v) is 25.7. The SMILES string of the molecule is C#Cc1ccccc1C(C(=O)NC(Cc1ccccc1)C(=O)OC(C)(C)C)N(CCC)C(=O)CNC(=O)OC(C)(C)C. The van der Waals surface area contributed by atoms with Crippen molar-refractivity contribution in [2.24, 2.45) is 0 Å². The number of hydrogen-bond acceptors (Lipinski definition) is 6. The van der Waals surface area contributed by atoms with Crippen molar-refractivity contribution in [1.82, 2.24) is 15.5 Å². The summed E-state index contributed by atoms with van der Waals surface area (Å²) in [5, 5.41) is 5.31. The summed E-state index contributed by atoms with van der Waals surface area (Å²) in [5.41, 5.74) is 0.115. The van der Waals surface area contributed by atoms with Gasteiger partial charge in [-0.1, -0.05) is 61.4 Å². The zero-order chi connectivity index (χ0) is 31.5. The molecule has 2 rings (SSSR count). The van der Waals surface area contributed by atoms with Crippen molar-refractivity contribution in [3.05, 3.63) is 71.3 Å². The molecule has 2 N–H and O–H groups in total. The average molecular weight is 578 g/mol. The summed E-state index contributed by atoms with van der Waals surface area (Å²) in [6, 6.07) is 13.8. The van der Waals surface area contributed by atoms with Crippen LogP contribution in [0.1, 0.15) is 77.6 Å². The monoisotopic (exact) mass is 577 g/mol. The molecule has 0 radical (unpaired) electrons. The molecule has 2 aromatic carbocycles. The van der Waals surface area contributed by atoms with Gasteiger partial charge in [-0.2, -0.15) is 0 Å². The summed E-state index contributed by atoms with van der Waals surface area (Å²) in [6.07, 6.45) is 5.71. The molecule has 226 valence electrons. The van der Waals surface area contributed by atoms with Crippen molar-refractivity contribution in [2.75, 3.05) is 13.1 Å². The van der Waals surface area contributed by atoms with Gasteiger partial charge in [0, 0.05) is 18.5 Å². The standard InChI is InChI=1S/C33H43N3O6/c1-9-20-36(27(37)22-34-31(40)42-33(6,7)8)28(25-19-15-14-18-24(25)10-2)29(38)35-26(30(39)41-32(3,4)5)21-23-16-12-11-13-17-23/h2,11-19,26,28H,9,20-22H2,1,3-8H3,(H,34,40)(H,35,38). The number of alkyl carbamates (subject to hydrolysis) is 1. The number of esters is 1. The lowest BCUT2D eigenvalue weighted by molar-refractivity contribution is -0.159. The maximum atomic E-state index is 14.1. The first-order valence-corrected chi connectivity index (χ1v) is 14.0. The zero-order valence-electron chi connectivity index (χ0n) is 25.7. The molecule has 0 bridgehead atoms. The van der Waals surface area contributed by atoms with Gasteiger partial charge in [-0.3, -0.25) is 9.59 Å². The minimum atomic E-state index is -1.19. The van der Waals surface area contributed by atoms with Gasteiger partial charge in [0.05, 0.1) is 0 Å². The molecule has 0 saturated carbocycles. The van der Waals surface area contributed by atoms with Crippen molar-refractivity contribution < 1.29 is 28.7 Å². The Labute approximate surface area is 249 Å². The smallest absolute Gasteiger partial charge is 0.408 e. The van der Waals surface area contributed by atoms with E-state index in [2.05, 4.69) is 16.6 Å². The van der Waals surface area contributed by atoms with Crippen LogP contribution >= 0.6 is 0 Å².